The molecule has 1 heterocycles. The monoisotopic (exact) mass is 290 g/mol. The van der Waals surface area contributed by atoms with E-state index in [1.165, 1.54) is 6.07 Å². The molecule has 2 unspecified atom stereocenters. The van der Waals surface area contributed by atoms with Gasteiger partial charge in [-0.2, -0.15) is 4.98 Å². The first-order valence-corrected chi connectivity index (χ1v) is 6.83. The molecule has 0 amide bonds. The Bertz CT molecular complexity index is 622. The highest BCUT2D eigenvalue weighted by atomic mass is 16.6. The number of nitrogens with zero attached hydrogens (tertiary/aromatic N) is 3. The molecule has 0 bridgehead atoms. The first-order valence-electron chi connectivity index (χ1n) is 6.83. The predicted octanol–water partition coefficient (Wildman–Crippen LogP) is 2.75. The molecule has 21 heavy (non-hydrogen) atoms. The molecule has 112 valence electrons. The number of likely N-dealkylation sites (N-methyl/N-ethyl adjacent to an activating group) is 1. The summed E-state index contributed by atoms with van der Waals surface area (Å²) in [5.74, 6) is 0.753. The third-order valence-corrected chi connectivity index (χ3v) is 3.59. The van der Waals surface area contributed by atoms with Crippen molar-refractivity contribution in [3.63, 3.8) is 0 Å². The van der Waals surface area contributed by atoms with Crippen molar-refractivity contribution in [2.75, 3.05) is 7.05 Å². The van der Waals surface area contributed by atoms with Crippen molar-refractivity contribution in [1.82, 2.24) is 15.5 Å². The zero-order valence-electron chi connectivity index (χ0n) is 12.2. The van der Waals surface area contributed by atoms with Gasteiger partial charge in [0.05, 0.1) is 10.8 Å². The summed E-state index contributed by atoms with van der Waals surface area (Å²) in [6.45, 7) is 4.05. The maximum absolute atomic E-state index is 11.0. The van der Waals surface area contributed by atoms with Crippen LogP contribution in [-0.2, 0) is 0 Å². The molecule has 0 spiro atoms. The maximum Gasteiger partial charge on any atom is 0.280 e. The molecule has 0 saturated heterocycles. The van der Waals surface area contributed by atoms with Crippen LogP contribution in [-0.4, -0.2) is 28.2 Å². The lowest BCUT2D eigenvalue weighted by Gasteiger charge is -2.18. The molecule has 2 rings (SSSR count). The summed E-state index contributed by atoms with van der Waals surface area (Å²) < 4.78 is 5.28. The number of nitro benzene ring substituents is 1. The predicted molar refractivity (Wildman–Crippen MR) is 77.9 cm³/mol. The van der Waals surface area contributed by atoms with Crippen LogP contribution in [0.3, 0.4) is 0 Å². The molecule has 0 radical (unpaired) electrons. The third kappa shape index (κ3) is 3.08. The van der Waals surface area contributed by atoms with Crippen molar-refractivity contribution in [2.24, 2.45) is 0 Å². The van der Waals surface area contributed by atoms with Crippen LogP contribution in [0, 0.1) is 10.1 Å². The Labute approximate surface area is 122 Å². The average Bonchev–Trinajstić information content (AvgIpc) is 2.98. The van der Waals surface area contributed by atoms with Gasteiger partial charge < -0.3 is 9.84 Å². The molecule has 2 atom stereocenters. The van der Waals surface area contributed by atoms with E-state index in [-0.39, 0.29) is 23.5 Å². The van der Waals surface area contributed by atoms with Crippen LogP contribution in [0.25, 0.3) is 11.4 Å². The number of nitrogens with one attached hydrogen (secondary N) is 1. The van der Waals surface area contributed by atoms with Gasteiger partial charge >= 0.3 is 0 Å². The molecule has 1 N–H and O–H groups in total. The SMILES string of the molecule is CCC(NC)C(C)c1nc(-c2ccccc2[N+](=O)[O-])no1. The Morgan fingerprint density at radius 2 is 2.14 bits per heavy atom. The normalized spacial score (nSPS) is 13.9. The van der Waals surface area contributed by atoms with Crippen molar-refractivity contribution in [3.8, 4) is 11.4 Å². The summed E-state index contributed by atoms with van der Waals surface area (Å²) in [5.41, 5.74) is 0.334. The largest absolute Gasteiger partial charge is 0.339 e. The van der Waals surface area contributed by atoms with Crippen molar-refractivity contribution < 1.29 is 9.45 Å². The van der Waals surface area contributed by atoms with Crippen LogP contribution in [0.1, 0.15) is 32.1 Å². The highest BCUT2D eigenvalue weighted by Gasteiger charge is 2.24. The minimum absolute atomic E-state index is 0.0295. The highest BCUT2D eigenvalue weighted by Crippen LogP contribution is 2.29. The van der Waals surface area contributed by atoms with E-state index in [4.69, 9.17) is 4.52 Å². The summed E-state index contributed by atoms with van der Waals surface area (Å²) >= 11 is 0. The molecular weight excluding hydrogens is 272 g/mol. The Balaban J connectivity index is 2.34. The van der Waals surface area contributed by atoms with Gasteiger partial charge in [0.25, 0.3) is 5.69 Å². The third-order valence-electron chi connectivity index (χ3n) is 3.59. The lowest BCUT2D eigenvalue weighted by Crippen LogP contribution is -2.30. The smallest absolute Gasteiger partial charge is 0.280 e. The van der Waals surface area contributed by atoms with Crippen LogP contribution in [0.2, 0.25) is 0 Å². The topological polar surface area (TPSA) is 94.1 Å². The summed E-state index contributed by atoms with van der Waals surface area (Å²) in [6.07, 6.45) is 0.918. The summed E-state index contributed by atoms with van der Waals surface area (Å²) in [7, 11) is 1.88. The Hall–Kier alpha value is -2.28. The Morgan fingerprint density at radius 1 is 1.43 bits per heavy atom. The van der Waals surface area contributed by atoms with E-state index < -0.39 is 4.92 Å². The van der Waals surface area contributed by atoms with Crippen LogP contribution >= 0.6 is 0 Å². The molecule has 0 saturated carbocycles. The maximum atomic E-state index is 11.0. The van der Waals surface area contributed by atoms with E-state index in [0.717, 1.165) is 6.42 Å². The van der Waals surface area contributed by atoms with E-state index in [0.29, 0.717) is 11.5 Å². The fourth-order valence-corrected chi connectivity index (χ4v) is 2.33. The summed E-state index contributed by atoms with van der Waals surface area (Å²) in [6, 6.07) is 6.58. The van der Waals surface area contributed by atoms with E-state index in [1.807, 2.05) is 14.0 Å². The summed E-state index contributed by atoms with van der Waals surface area (Å²) in [4.78, 5) is 14.9. The van der Waals surface area contributed by atoms with Crippen molar-refractivity contribution in [1.29, 1.82) is 0 Å². The first kappa shape index (κ1) is 15.1. The standard InChI is InChI=1S/C14H18N4O3/c1-4-11(15-3)9(2)14-16-13(17-21-14)10-7-5-6-8-12(10)18(19)20/h5-9,11,15H,4H2,1-3H3. The van der Waals surface area contributed by atoms with Gasteiger partial charge in [0, 0.05) is 12.1 Å². The van der Waals surface area contributed by atoms with Gasteiger partial charge in [0.15, 0.2) is 0 Å². The number of hydrogen-bond acceptors (Lipinski definition) is 6. The molecule has 2 aromatic rings. The fourth-order valence-electron chi connectivity index (χ4n) is 2.33. The van der Waals surface area contributed by atoms with Gasteiger partial charge in [-0.15, -0.1) is 0 Å². The molecule has 1 aromatic carbocycles. The fraction of sp³-hybridized carbons (Fsp3) is 0.429. The molecule has 0 aliphatic rings. The second-order valence-electron chi connectivity index (χ2n) is 4.82. The van der Waals surface area contributed by atoms with Crippen LogP contribution in [0.15, 0.2) is 28.8 Å². The number of hydrogen-bond donors (Lipinski definition) is 1. The van der Waals surface area contributed by atoms with E-state index in [9.17, 15) is 10.1 Å². The first-order chi connectivity index (χ1) is 10.1. The number of nitro groups is 1. The summed E-state index contributed by atoms with van der Waals surface area (Å²) in [5, 5.41) is 18.1. The number of rotatable bonds is 6. The van der Waals surface area contributed by atoms with Gasteiger partial charge in [-0.1, -0.05) is 31.1 Å². The van der Waals surface area contributed by atoms with Crippen molar-refractivity contribution in [2.45, 2.75) is 32.2 Å². The molecule has 7 nitrogen and oxygen atoms in total. The molecule has 7 heteroatoms. The lowest BCUT2D eigenvalue weighted by atomic mass is 10.00. The van der Waals surface area contributed by atoms with Gasteiger partial charge in [0.1, 0.15) is 5.56 Å². The molecule has 0 fully saturated rings. The van der Waals surface area contributed by atoms with Crippen molar-refractivity contribution in [3.05, 3.63) is 40.3 Å². The minimum atomic E-state index is -0.447. The van der Waals surface area contributed by atoms with Gasteiger partial charge in [-0.3, -0.25) is 10.1 Å². The van der Waals surface area contributed by atoms with E-state index >= 15 is 0 Å². The average molecular weight is 290 g/mol. The number of aromatic nitrogens is 2. The minimum Gasteiger partial charge on any atom is -0.339 e. The van der Waals surface area contributed by atoms with E-state index in [2.05, 4.69) is 22.4 Å². The number of para-hydroxylation sites is 1. The molecule has 0 aliphatic carbocycles. The zero-order valence-corrected chi connectivity index (χ0v) is 12.2. The molecular formula is C14H18N4O3. The van der Waals surface area contributed by atoms with Gasteiger partial charge in [0.2, 0.25) is 11.7 Å². The van der Waals surface area contributed by atoms with Crippen LogP contribution in [0.4, 0.5) is 5.69 Å². The quantitative estimate of drug-likeness (QED) is 0.649. The Morgan fingerprint density at radius 3 is 2.76 bits per heavy atom. The Kier molecular flexibility index (Phi) is 4.64. The van der Waals surface area contributed by atoms with Crippen LogP contribution < -0.4 is 5.32 Å². The van der Waals surface area contributed by atoms with Gasteiger partial charge in [-0.05, 0) is 19.5 Å². The second kappa shape index (κ2) is 6.45. The highest BCUT2D eigenvalue weighted by molar-refractivity contribution is 5.67. The van der Waals surface area contributed by atoms with Crippen LogP contribution in [0.5, 0.6) is 0 Å². The van der Waals surface area contributed by atoms with Crippen molar-refractivity contribution >= 4 is 5.69 Å². The van der Waals surface area contributed by atoms with Gasteiger partial charge in [-0.25, -0.2) is 0 Å². The number of benzene rings is 1. The molecule has 0 aliphatic heterocycles. The lowest BCUT2D eigenvalue weighted by molar-refractivity contribution is -0.384. The van der Waals surface area contributed by atoms with E-state index in [1.54, 1.807) is 18.2 Å². The zero-order chi connectivity index (χ0) is 15.4. The molecule has 1 aromatic heterocycles. The second-order valence-corrected chi connectivity index (χ2v) is 4.82.